The maximum atomic E-state index is 5.76. The van der Waals surface area contributed by atoms with Crippen LogP contribution in [-0.4, -0.2) is 0 Å². The fourth-order valence-electron chi connectivity index (χ4n) is 2.06. The van der Waals surface area contributed by atoms with Gasteiger partial charge in [-0.05, 0) is 61.2 Å². The van der Waals surface area contributed by atoms with E-state index in [1.165, 1.54) is 11.1 Å². The lowest BCUT2D eigenvalue weighted by molar-refractivity contribution is 1.13. The first-order chi connectivity index (χ1) is 8.60. The molecule has 0 aliphatic carbocycles. The Balaban J connectivity index is 2.28. The van der Waals surface area contributed by atoms with Crippen molar-refractivity contribution in [1.29, 1.82) is 0 Å². The van der Waals surface area contributed by atoms with Crippen molar-refractivity contribution in [2.75, 3.05) is 11.1 Å². The van der Waals surface area contributed by atoms with Crippen molar-refractivity contribution >= 4 is 17.1 Å². The van der Waals surface area contributed by atoms with Gasteiger partial charge in [-0.2, -0.15) is 0 Å². The standard InChI is InChI=1S/C16H20N2/c1-4-13-5-7-15(11(2)9-13)18-16-8-6-14(17)10-12(16)3/h5-10,18H,4,17H2,1-3H3. The average molecular weight is 240 g/mol. The fourth-order valence-corrected chi connectivity index (χ4v) is 2.06. The van der Waals surface area contributed by atoms with Crippen LogP contribution in [0.2, 0.25) is 0 Å². The SMILES string of the molecule is CCc1ccc(Nc2ccc(N)cc2C)c(C)c1. The molecule has 18 heavy (non-hydrogen) atoms. The second-order valence-corrected chi connectivity index (χ2v) is 4.70. The van der Waals surface area contributed by atoms with E-state index < -0.39 is 0 Å². The highest BCUT2D eigenvalue weighted by Crippen LogP contribution is 2.25. The van der Waals surface area contributed by atoms with E-state index in [9.17, 15) is 0 Å². The summed E-state index contributed by atoms with van der Waals surface area (Å²) >= 11 is 0. The number of aryl methyl sites for hydroxylation is 3. The number of rotatable bonds is 3. The van der Waals surface area contributed by atoms with Crippen molar-refractivity contribution in [2.24, 2.45) is 0 Å². The molecule has 0 saturated carbocycles. The van der Waals surface area contributed by atoms with E-state index >= 15 is 0 Å². The quantitative estimate of drug-likeness (QED) is 0.789. The van der Waals surface area contributed by atoms with Crippen LogP contribution in [0.25, 0.3) is 0 Å². The third kappa shape index (κ3) is 2.65. The van der Waals surface area contributed by atoms with Crippen LogP contribution in [0.3, 0.4) is 0 Å². The van der Waals surface area contributed by atoms with Crippen molar-refractivity contribution in [1.82, 2.24) is 0 Å². The summed E-state index contributed by atoms with van der Waals surface area (Å²) in [7, 11) is 0. The fraction of sp³-hybridized carbons (Fsp3) is 0.250. The lowest BCUT2D eigenvalue weighted by atomic mass is 10.1. The number of nitrogens with one attached hydrogen (secondary N) is 1. The molecule has 2 aromatic rings. The number of nitrogens with two attached hydrogens (primary N) is 1. The minimum atomic E-state index is 0.802. The third-order valence-electron chi connectivity index (χ3n) is 3.22. The number of hydrogen-bond donors (Lipinski definition) is 2. The maximum absolute atomic E-state index is 5.76. The molecule has 0 bridgehead atoms. The Kier molecular flexibility index (Phi) is 3.56. The summed E-state index contributed by atoms with van der Waals surface area (Å²) in [4.78, 5) is 0. The maximum Gasteiger partial charge on any atom is 0.0415 e. The van der Waals surface area contributed by atoms with E-state index in [2.05, 4.69) is 44.3 Å². The highest BCUT2D eigenvalue weighted by atomic mass is 14.9. The molecule has 0 radical (unpaired) electrons. The zero-order valence-corrected chi connectivity index (χ0v) is 11.2. The van der Waals surface area contributed by atoms with Crippen LogP contribution in [0.15, 0.2) is 36.4 Å². The van der Waals surface area contributed by atoms with Crippen molar-refractivity contribution < 1.29 is 0 Å². The van der Waals surface area contributed by atoms with Crippen molar-refractivity contribution in [3.8, 4) is 0 Å². The smallest absolute Gasteiger partial charge is 0.0415 e. The second-order valence-electron chi connectivity index (χ2n) is 4.70. The summed E-state index contributed by atoms with van der Waals surface area (Å²) < 4.78 is 0. The van der Waals surface area contributed by atoms with Gasteiger partial charge in [-0.1, -0.05) is 19.1 Å². The number of anilines is 3. The van der Waals surface area contributed by atoms with Crippen LogP contribution in [0.5, 0.6) is 0 Å². The van der Waals surface area contributed by atoms with Crippen molar-refractivity contribution in [3.05, 3.63) is 53.1 Å². The average Bonchev–Trinajstić information content (AvgIpc) is 2.34. The molecule has 2 nitrogen and oxygen atoms in total. The van der Waals surface area contributed by atoms with E-state index in [0.717, 1.165) is 29.0 Å². The molecule has 2 aromatic carbocycles. The zero-order chi connectivity index (χ0) is 13.1. The first-order valence-corrected chi connectivity index (χ1v) is 6.33. The van der Waals surface area contributed by atoms with Gasteiger partial charge >= 0.3 is 0 Å². The van der Waals surface area contributed by atoms with Gasteiger partial charge in [-0.25, -0.2) is 0 Å². The Bertz CT molecular complexity index is 559. The summed E-state index contributed by atoms with van der Waals surface area (Å²) in [5.41, 5.74) is 12.6. The molecule has 0 saturated heterocycles. The molecule has 0 aromatic heterocycles. The lowest BCUT2D eigenvalue weighted by Crippen LogP contribution is -1.97. The molecule has 0 fully saturated rings. The van der Waals surface area contributed by atoms with E-state index in [4.69, 9.17) is 5.73 Å². The van der Waals surface area contributed by atoms with Gasteiger partial charge in [-0.3, -0.25) is 0 Å². The minimum Gasteiger partial charge on any atom is -0.399 e. The largest absolute Gasteiger partial charge is 0.399 e. The molecule has 2 rings (SSSR count). The van der Waals surface area contributed by atoms with E-state index in [-0.39, 0.29) is 0 Å². The summed E-state index contributed by atoms with van der Waals surface area (Å²) in [6.45, 7) is 6.37. The summed E-state index contributed by atoms with van der Waals surface area (Å²) in [5.74, 6) is 0. The normalized spacial score (nSPS) is 10.4. The summed E-state index contributed by atoms with van der Waals surface area (Å²) in [5, 5.41) is 3.46. The highest BCUT2D eigenvalue weighted by Gasteiger charge is 2.02. The number of hydrogen-bond acceptors (Lipinski definition) is 2. The van der Waals surface area contributed by atoms with Crippen molar-refractivity contribution in [2.45, 2.75) is 27.2 Å². The Morgan fingerprint density at radius 1 is 0.944 bits per heavy atom. The first kappa shape index (κ1) is 12.5. The highest BCUT2D eigenvalue weighted by molar-refractivity contribution is 5.68. The Labute approximate surface area is 109 Å². The zero-order valence-electron chi connectivity index (χ0n) is 11.2. The predicted octanol–water partition coefficient (Wildman–Crippen LogP) is 4.19. The molecular formula is C16H20N2. The molecule has 0 aliphatic rings. The lowest BCUT2D eigenvalue weighted by Gasteiger charge is -2.13. The molecule has 0 spiro atoms. The monoisotopic (exact) mass is 240 g/mol. The van der Waals surface area contributed by atoms with Crippen LogP contribution in [-0.2, 0) is 6.42 Å². The van der Waals surface area contributed by atoms with Gasteiger partial charge in [0.15, 0.2) is 0 Å². The first-order valence-electron chi connectivity index (χ1n) is 6.33. The Morgan fingerprint density at radius 3 is 2.11 bits per heavy atom. The van der Waals surface area contributed by atoms with Crippen LogP contribution in [0.1, 0.15) is 23.6 Å². The van der Waals surface area contributed by atoms with Gasteiger partial charge in [0.25, 0.3) is 0 Å². The third-order valence-corrected chi connectivity index (χ3v) is 3.22. The Hall–Kier alpha value is -1.96. The molecule has 0 unspecified atom stereocenters. The van der Waals surface area contributed by atoms with Crippen LogP contribution in [0.4, 0.5) is 17.1 Å². The van der Waals surface area contributed by atoms with Gasteiger partial charge in [0.05, 0.1) is 0 Å². The molecule has 0 atom stereocenters. The van der Waals surface area contributed by atoms with E-state index in [1.54, 1.807) is 0 Å². The molecule has 0 amide bonds. The van der Waals surface area contributed by atoms with Gasteiger partial charge in [0.2, 0.25) is 0 Å². The molecule has 2 heteroatoms. The summed E-state index contributed by atoms with van der Waals surface area (Å²) in [6, 6.07) is 12.5. The van der Waals surface area contributed by atoms with Crippen LogP contribution < -0.4 is 11.1 Å². The second kappa shape index (κ2) is 5.13. The predicted molar refractivity (Wildman–Crippen MR) is 79.4 cm³/mol. The van der Waals surface area contributed by atoms with Crippen molar-refractivity contribution in [3.63, 3.8) is 0 Å². The molecule has 0 aliphatic heterocycles. The molecule has 94 valence electrons. The van der Waals surface area contributed by atoms with Gasteiger partial charge in [0, 0.05) is 17.1 Å². The molecule has 0 heterocycles. The Morgan fingerprint density at radius 2 is 1.56 bits per heavy atom. The topological polar surface area (TPSA) is 38.0 Å². The van der Waals surface area contributed by atoms with E-state index in [1.807, 2.05) is 18.2 Å². The van der Waals surface area contributed by atoms with Crippen LogP contribution >= 0.6 is 0 Å². The molecular weight excluding hydrogens is 220 g/mol. The minimum absolute atomic E-state index is 0.802. The van der Waals surface area contributed by atoms with E-state index in [0.29, 0.717) is 0 Å². The van der Waals surface area contributed by atoms with Gasteiger partial charge in [-0.15, -0.1) is 0 Å². The number of benzene rings is 2. The van der Waals surface area contributed by atoms with Gasteiger partial charge < -0.3 is 11.1 Å². The van der Waals surface area contributed by atoms with Crippen LogP contribution in [0, 0.1) is 13.8 Å². The summed E-state index contributed by atoms with van der Waals surface area (Å²) in [6.07, 6.45) is 1.07. The molecule has 3 N–H and O–H groups in total. The van der Waals surface area contributed by atoms with Gasteiger partial charge in [0.1, 0.15) is 0 Å². The number of nitrogen functional groups attached to an aromatic ring is 1.